The molecular weight excluding hydrogens is 633 g/mol. The molecule has 2 aliphatic heterocycles. The van der Waals surface area contributed by atoms with E-state index in [1.54, 1.807) is 22.7 Å². The molecular formula is C42H24O4S2. The molecule has 8 aromatic rings. The molecule has 11 rings (SSSR count). The van der Waals surface area contributed by atoms with E-state index in [1.165, 1.54) is 0 Å². The van der Waals surface area contributed by atoms with Crippen molar-refractivity contribution in [3.05, 3.63) is 189 Å². The zero-order valence-electron chi connectivity index (χ0n) is 25.3. The van der Waals surface area contributed by atoms with Gasteiger partial charge in [0.25, 0.3) is 0 Å². The van der Waals surface area contributed by atoms with Crippen LogP contribution >= 0.6 is 22.7 Å². The van der Waals surface area contributed by atoms with Gasteiger partial charge in [-0.3, -0.25) is 0 Å². The summed E-state index contributed by atoms with van der Waals surface area (Å²) >= 11 is 3.35. The monoisotopic (exact) mass is 656 g/mol. The third kappa shape index (κ3) is 3.19. The predicted octanol–water partition coefficient (Wildman–Crippen LogP) is 11.6. The molecule has 4 aromatic carbocycles. The van der Waals surface area contributed by atoms with Crippen LogP contribution in [0.4, 0.5) is 0 Å². The number of thiophene rings is 2. The molecule has 2 spiro atoms. The Labute approximate surface area is 284 Å². The van der Waals surface area contributed by atoms with Crippen molar-refractivity contribution in [3.8, 4) is 44.3 Å². The number of ether oxygens (including phenoxy) is 2. The van der Waals surface area contributed by atoms with Gasteiger partial charge in [0.15, 0.2) is 0 Å². The lowest BCUT2D eigenvalue weighted by atomic mass is 9.53. The van der Waals surface area contributed by atoms with Crippen LogP contribution in [0.15, 0.2) is 153 Å². The summed E-state index contributed by atoms with van der Waals surface area (Å²) in [6.45, 7) is 0. The van der Waals surface area contributed by atoms with Crippen LogP contribution in [0.5, 0.6) is 23.0 Å². The van der Waals surface area contributed by atoms with Crippen LogP contribution in [0.1, 0.15) is 44.9 Å². The predicted molar refractivity (Wildman–Crippen MR) is 188 cm³/mol. The Morgan fingerprint density at radius 2 is 0.729 bits per heavy atom. The summed E-state index contributed by atoms with van der Waals surface area (Å²) in [4.78, 5) is 2.13. The van der Waals surface area contributed by atoms with E-state index in [0.717, 1.165) is 89.2 Å². The van der Waals surface area contributed by atoms with Crippen LogP contribution < -0.4 is 9.47 Å². The standard InChI is InChI=1S/C42H24O4S2/c1-5-15-31-25(11-1)41(26-12-2-6-16-32(26)43-31)29-23-35(37-19-9-21-47-37)46-40(29)42(30-24-36(45-39(30)41)38-20-10-22-48-38)27-13-3-7-17-33(27)44-34-18-8-4-14-28(34)42/h1-24H. The van der Waals surface area contributed by atoms with Gasteiger partial charge in [-0.15, -0.1) is 22.7 Å². The Bertz CT molecular complexity index is 2220. The van der Waals surface area contributed by atoms with E-state index in [4.69, 9.17) is 18.3 Å². The van der Waals surface area contributed by atoms with E-state index in [1.807, 2.05) is 24.3 Å². The van der Waals surface area contributed by atoms with Crippen LogP contribution in [0.3, 0.4) is 0 Å². The molecule has 0 saturated heterocycles. The van der Waals surface area contributed by atoms with Gasteiger partial charge in [0.05, 0.1) is 9.75 Å². The van der Waals surface area contributed by atoms with E-state index >= 15 is 0 Å². The van der Waals surface area contributed by atoms with Crippen molar-refractivity contribution < 1.29 is 18.3 Å². The SMILES string of the molecule is c1csc(-c2cc3c(o2)C2(c4ccccc4Oc4ccccc42)c2cc(-c4cccs4)oc2C32c3ccccc3Oc3ccccc32)c1. The maximum absolute atomic E-state index is 7.35. The van der Waals surface area contributed by atoms with E-state index < -0.39 is 10.8 Å². The van der Waals surface area contributed by atoms with Crippen LogP contribution in [-0.4, -0.2) is 0 Å². The summed E-state index contributed by atoms with van der Waals surface area (Å²) in [6.07, 6.45) is 0. The molecule has 4 aromatic heterocycles. The van der Waals surface area contributed by atoms with Gasteiger partial charge < -0.3 is 18.3 Å². The van der Waals surface area contributed by atoms with Gasteiger partial charge >= 0.3 is 0 Å². The third-order valence-electron chi connectivity index (χ3n) is 10.1. The van der Waals surface area contributed by atoms with Crippen LogP contribution in [0.25, 0.3) is 21.3 Å². The highest BCUT2D eigenvalue weighted by Crippen LogP contribution is 2.68. The second kappa shape index (κ2) is 9.50. The molecule has 0 unspecified atom stereocenters. The summed E-state index contributed by atoms with van der Waals surface area (Å²) in [5, 5.41) is 4.19. The Hall–Kier alpha value is -5.56. The maximum atomic E-state index is 7.35. The number of para-hydroxylation sites is 4. The quantitative estimate of drug-likeness (QED) is 0.186. The summed E-state index contributed by atoms with van der Waals surface area (Å²) in [7, 11) is 0. The molecule has 6 heteroatoms. The summed E-state index contributed by atoms with van der Waals surface area (Å²) in [5.41, 5.74) is 4.36. The first-order valence-corrected chi connectivity index (χ1v) is 17.6. The van der Waals surface area contributed by atoms with E-state index in [0.29, 0.717) is 0 Å². The van der Waals surface area contributed by atoms with Crippen molar-refractivity contribution in [1.82, 2.24) is 0 Å². The van der Waals surface area contributed by atoms with Gasteiger partial charge in [0.2, 0.25) is 0 Å². The Morgan fingerprint density at radius 3 is 1.06 bits per heavy atom. The molecule has 0 N–H and O–H groups in total. The van der Waals surface area contributed by atoms with E-state index in [-0.39, 0.29) is 0 Å². The number of rotatable bonds is 2. The fourth-order valence-electron chi connectivity index (χ4n) is 8.28. The fraction of sp³-hybridized carbons (Fsp3) is 0.0476. The first kappa shape index (κ1) is 26.5. The molecule has 0 fully saturated rings. The molecule has 3 aliphatic rings. The maximum Gasteiger partial charge on any atom is 0.144 e. The highest BCUT2D eigenvalue weighted by atomic mass is 32.1. The molecule has 6 heterocycles. The summed E-state index contributed by atoms with van der Waals surface area (Å²) in [5.74, 6) is 6.53. The molecule has 0 amide bonds. The highest BCUT2D eigenvalue weighted by Gasteiger charge is 2.63. The van der Waals surface area contributed by atoms with Crippen molar-refractivity contribution in [2.45, 2.75) is 10.8 Å². The average Bonchev–Trinajstić information content (AvgIpc) is 3.97. The first-order chi connectivity index (χ1) is 23.8. The van der Waals surface area contributed by atoms with Gasteiger partial charge in [-0.1, -0.05) is 84.9 Å². The summed E-state index contributed by atoms with van der Waals surface area (Å²) in [6, 6.07) is 46.3. The molecule has 0 radical (unpaired) electrons. The molecule has 0 saturated carbocycles. The Morgan fingerprint density at radius 1 is 0.375 bits per heavy atom. The van der Waals surface area contributed by atoms with Crippen molar-refractivity contribution in [2.75, 3.05) is 0 Å². The lowest BCUT2D eigenvalue weighted by Gasteiger charge is -2.48. The first-order valence-electron chi connectivity index (χ1n) is 15.9. The number of hydrogen-bond donors (Lipinski definition) is 0. The van der Waals surface area contributed by atoms with Crippen molar-refractivity contribution in [1.29, 1.82) is 0 Å². The Balaban J connectivity index is 1.39. The lowest BCUT2D eigenvalue weighted by molar-refractivity contribution is 0.353. The zero-order chi connectivity index (χ0) is 31.5. The molecule has 4 nitrogen and oxygen atoms in total. The number of fused-ring (bicyclic) bond motifs is 14. The van der Waals surface area contributed by atoms with E-state index in [2.05, 4.69) is 120 Å². The minimum Gasteiger partial charge on any atom is -0.458 e. The van der Waals surface area contributed by atoms with Gasteiger partial charge in [-0.2, -0.15) is 0 Å². The zero-order valence-corrected chi connectivity index (χ0v) is 26.9. The minimum atomic E-state index is -0.877. The number of benzene rings is 4. The van der Waals surface area contributed by atoms with Crippen molar-refractivity contribution >= 4 is 22.7 Å². The molecule has 1 aliphatic carbocycles. The topological polar surface area (TPSA) is 44.7 Å². The summed E-state index contributed by atoms with van der Waals surface area (Å²) < 4.78 is 28.0. The third-order valence-corrected chi connectivity index (χ3v) is 11.9. The smallest absolute Gasteiger partial charge is 0.144 e. The second-order valence-electron chi connectivity index (χ2n) is 12.4. The largest absolute Gasteiger partial charge is 0.458 e. The van der Waals surface area contributed by atoms with Gasteiger partial charge in [0.1, 0.15) is 56.9 Å². The van der Waals surface area contributed by atoms with Crippen LogP contribution in [-0.2, 0) is 10.8 Å². The van der Waals surface area contributed by atoms with Crippen molar-refractivity contribution in [2.24, 2.45) is 0 Å². The highest BCUT2D eigenvalue weighted by molar-refractivity contribution is 7.13. The lowest BCUT2D eigenvalue weighted by Crippen LogP contribution is -2.46. The average molecular weight is 657 g/mol. The van der Waals surface area contributed by atoms with Crippen molar-refractivity contribution in [3.63, 3.8) is 0 Å². The molecule has 48 heavy (non-hydrogen) atoms. The molecule has 228 valence electrons. The normalized spacial score (nSPS) is 15.3. The van der Waals surface area contributed by atoms with Gasteiger partial charge in [-0.25, -0.2) is 0 Å². The Kier molecular flexibility index (Phi) is 5.25. The second-order valence-corrected chi connectivity index (χ2v) is 14.2. The van der Waals surface area contributed by atoms with Crippen LogP contribution in [0.2, 0.25) is 0 Å². The van der Waals surface area contributed by atoms with Crippen LogP contribution in [0, 0.1) is 0 Å². The fourth-order valence-corrected chi connectivity index (χ4v) is 9.63. The molecule has 0 bridgehead atoms. The van der Waals surface area contributed by atoms with Gasteiger partial charge in [-0.05, 0) is 59.3 Å². The number of furan rings is 2. The molecule has 0 atom stereocenters. The van der Waals surface area contributed by atoms with E-state index in [9.17, 15) is 0 Å². The number of hydrogen-bond acceptors (Lipinski definition) is 6. The van der Waals surface area contributed by atoms with Gasteiger partial charge in [0, 0.05) is 33.4 Å². The minimum absolute atomic E-state index is 0.796.